The lowest BCUT2D eigenvalue weighted by molar-refractivity contribution is 0.361. The number of aryl methyl sites for hydroxylation is 1. The van der Waals surface area contributed by atoms with Crippen LogP contribution in [0.2, 0.25) is 0 Å². The van der Waals surface area contributed by atoms with Crippen molar-refractivity contribution in [3.63, 3.8) is 0 Å². The third-order valence-corrected chi connectivity index (χ3v) is 3.06. The van der Waals surface area contributed by atoms with Gasteiger partial charge in [-0.2, -0.15) is 0 Å². The van der Waals surface area contributed by atoms with Crippen molar-refractivity contribution in [2.45, 2.75) is 32.4 Å². The molecule has 0 unspecified atom stereocenters. The summed E-state index contributed by atoms with van der Waals surface area (Å²) in [6.45, 7) is 6.49. The fourth-order valence-corrected chi connectivity index (χ4v) is 2.19. The van der Waals surface area contributed by atoms with Crippen LogP contribution < -0.4 is 5.32 Å². The quantitative estimate of drug-likeness (QED) is 0.823. The number of likely N-dealkylation sites (N-methyl/N-ethyl adjacent to an activating group) is 1. The van der Waals surface area contributed by atoms with Crippen LogP contribution in [0.1, 0.15) is 30.9 Å². The molecule has 0 amide bonds. The molecule has 1 aromatic heterocycles. The molecule has 1 aliphatic heterocycles. The van der Waals surface area contributed by atoms with Crippen LogP contribution in [0.15, 0.2) is 16.5 Å². The topological polar surface area (TPSA) is 28.4 Å². The van der Waals surface area contributed by atoms with E-state index in [9.17, 15) is 0 Å². The molecule has 1 aliphatic rings. The van der Waals surface area contributed by atoms with E-state index in [1.54, 1.807) is 0 Å². The van der Waals surface area contributed by atoms with E-state index in [1.807, 2.05) is 13.0 Å². The predicted octanol–water partition coefficient (Wildman–Crippen LogP) is 1.94. The molecule has 3 nitrogen and oxygen atoms in total. The van der Waals surface area contributed by atoms with Gasteiger partial charge in [-0.3, -0.25) is 0 Å². The highest BCUT2D eigenvalue weighted by molar-refractivity contribution is 5.09. The smallest absolute Gasteiger partial charge is 0.120 e. The maximum Gasteiger partial charge on any atom is 0.120 e. The monoisotopic (exact) mass is 208 g/mol. The Bertz CT molecular complexity index is 321. The highest BCUT2D eigenvalue weighted by atomic mass is 16.3. The second kappa shape index (κ2) is 4.37. The van der Waals surface area contributed by atoms with Gasteiger partial charge in [0, 0.05) is 12.6 Å². The molecule has 1 saturated heterocycles. The summed E-state index contributed by atoms with van der Waals surface area (Å²) < 4.78 is 5.61. The molecule has 84 valence electrons. The van der Waals surface area contributed by atoms with Gasteiger partial charge in [-0.05, 0) is 46.0 Å². The first-order valence-electron chi connectivity index (χ1n) is 5.66. The molecule has 0 radical (unpaired) electrons. The van der Waals surface area contributed by atoms with Crippen molar-refractivity contribution >= 4 is 0 Å². The Morgan fingerprint density at radius 1 is 1.53 bits per heavy atom. The number of nitrogens with one attached hydrogen (secondary N) is 1. The van der Waals surface area contributed by atoms with E-state index in [0.29, 0.717) is 12.1 Å². The van der Waals surface area contributed by atoms with Gasteiger partial charge in [-0.15, -0.1) is 0 Å². The van der Waals surface area contributed by atoms with Crippen LogP contribution in [0.3, 0.4) is 0 Å². The minimum Gasteiger partial charge on any atom is -0.465 e. The molecular weight excluding hydrogens is 188 g/mol. The molecule has 15 heavy (non-hydrogen) atoms. The Morgan fingerprint density at radius 3 is 2.87 bits per heavy atom. The van der Waals surface area contributed by atoms with Crippen LogP contribution in [-0.4, -0.2) is 31.1 Å². The molecule has 3 heteroatoms. The van der Waals surface area contributed by atoms with E-state index < -0.39 is 0 Å². The van der Waals surface area contributed by atoms with Gasteiger partial charge in [-0.1, -0.05) is 0 Å². The lowest BCUT2D eigenvalue weighted by atomic mass is 10.2. The molecule has 1 N–H and O–H groups in total. The molecule has 0 aromatic carbocycles. The third kappa shape index (κ3) is 2.61. The van der Waals surface area contributed by atoms with Gasteiger partial charge < -0.3 is 14.6 Å². The number of nitrogens with zero attached hydrogens (tertiary/aromatic N) is 1. The second-order valence-corrected chi connectivity index (χ2v) is 4.58. The number of furan rings is 1. The average Bonchev–Trinajstić information content (AvgIpc) is 2.75. The number of likely N-dealkylation sites (tertiary alicyclic amines) is 1. The van der Waals surface area contributed by atoms with Crippen LogP contribution in [0.4, 0.5) is 0 Å². The summed E-state index contributed by atoms with van der Waals surface area (Å²) in [5.74, 6) is 2.03. The summed E-state index contributed by atoms with van der Waals surface area (Å²) >= 11 is 0. The molecule has 1 aromatic rings. The zero-order chi connectivity index (χ0) is 10.8. The van der Waals surface area contributed by atoms with Gasteiger partial charge in [-0.25, -0.2) is 0 Å². The van der Waals surface area contributed by atoms with Crippen molar-refractivity contribution in [1.29, 1.82) is 0 Å². The van der Waals surface area contributed by atoms with Crippen LogP contribution in [0.5, 0.6) is 0 Å². The van der Waals surface area contributed by atoms with Gasteiger partial charge in [0.15, 0.2) is 0 Å². The van der Waals surface area contributed by atoms with Crippen molar-refractivity contribution in [2.75, 3.05) is 20.1 Å². The Balaban J connectivity index is 1.89. The number of rotatable bonds is 3. The molecule has 0 spiro atoms. The average molecular weight is 208 g/mol. The maximum atomic E-state index is 5.61. The lowest BCUT2D eigenvalue weighted by Gasteiger charge is -2.17. The van der Waals surface area contributed by atoms with E-state index in [4.69, 9.17) is 4.42 Å². The van der Waals surface area contributed by atoms with Gasteiger partial charge in [0.2, 0.25) is 0 Å². The predicted molar refractivity (Wildman–Crippen MR) is 60.9 cm³/mol. The fraction of sp³-hybridized carbons (Fsp3) is 0.667. The summed E-state index contributed by atoms with van der Waals surface area (Å²) in [5, 5.41) is 3.60. The molecule has 2 rings (SSSR count). The first-order chi connectivity index (χ1) is 7.15. The van der Waals surface area contributed by atoms with Crippen molar-refractivity contribution in [3.05, 3.63) is 23.7 Å². The van der Waals surface area contributed by atoms with Crippen LogP contribution in [0.25, 0.3) is 0 Å². The summed E-state index contributed by atoms with van der Waals surface area (Å²) in [6, 6.07) is 5.01. The van der Waals surface area contributed by atoms with Crippen molar-refractivity contribution in [3.8, 4) is 0 Å². The lowest BCUT2D eigenvalue weighted by Crippen LogP contribution is -2.33. The Hall–Kier alpha value is -0.800. The van der Waals surface area contributed by atoms with E-state index in [-0.39, 0.29) is 0 Å². The zero-order valence-electron chi connectivity index (χ0n) is 9.79. The van der Waals surface area contributed by atoms with E-state index in [1.165, 1.54) is 13.0 Å². The fourth-order valence-electron chi connectivity index (χ4n) is 2.19. The van der Waals surface area contributed by atoms with Crippen LogP contribution in [-0.2, 0) is 0 Å². The highest BCUT2D eigenvalue weighted by Crippen LogP contribution is 2.18. The van der Waals surface area contributed by atoms with Crippen molar-refractivity contribution < 1.29 is 4.42 Å². The van der Waals surface area contributed by atoms with Crippen LogP contribution >= 0.6 is 0 Å². The summed E-state index contributed by atoms with van der Waals surface area (Å²) in [6.07, 6.45) is 1.24. The van der Waals surface area contributed by atoms with Crippen LogP contribution in [0, 0.1) is 6.92 Å². The van der Waals surface area contributed by atoms with Gasteiger partial charge >= 0.3 is 0 Å². The Morgan fingerprint density at radius 2 is 2.33 bits per heavy atom. The van der Waals surface area contributed by atoms with Gasteiger partial charge in [0.25, 0.3) is 0 Å². The normalized spacial score (nSPS) is 24.6. The molecule has 1 fully saturated rings. The molecule has 2 atom stereocenters. The summed E-state index contributed by atoms with van der Waals surface area (Å²) in [7, 11) is 2.17. The highest BCUT2D eigenvalue weighted by Gasteiger charge is 2.22. The maximum absolute atomic E-state index is 5.61. The Kier molecular flexibility index (Phi) is 3.12. The molecule has 0 saturated carbocycles. The second-order valence-electron chi connectivity index (χ2n) is 4.58. The minimum atomic E-state index is 0.315. The van der Waals surface area contributed by atoms with Crippen molar-refractivity contribution in [2.24, 2.45) is 0 Å². The van der Waals surface area contributed by atoms with Gasteiger partial charge in [0.05, 0.1) is 6.04 Å². The summed E-state index contributed by atoms with van der Waals surface area (Å²) in [5.41, 5.74) is 0. The van der Waals surface area contributed by atoms with Crippen molar-refractivity contribution in [1.82, 2.24) is 10.2 Å². The molecule has 0 aliphatic carbocycles. The van der Waals surface area contributed by atoms with E-state index in [2.05, 4.69) is 30.3 Å². The zero-order valence-corrected chi connectivity index (χ0v) is 9.79. The first kappa shape index (κ1) is 10.7. The molecule has 0 bridgehead atoms. The molecule has 2 heterocycles. The first-order valence-corrected chi connectivity index (χ1v) is 5.66. The summed E-state index contributed by atoms with van der Waals surface area (Å²) in [4.78, 5) is 2.36. The number of hydrogen-bond acceptors (Lipinski definition) is 3. The third-order valence-electron chi connectivity index (χ3n) is 3.06. The largest absolute Gasteiger partial charge is 0.465 e. The SMILES string of the molecule is Cc1ccc([C@H](C)N[C@@H]2CCN(C)C2)o1. The minimum absolute atomic E-state index is 0.315. The van der Waals surface area contributed by atoms with Gasteiger partial charge in [0.1, 0.15) is 11.5 Å². The van der Waals surface area contributed by atoms with E-state index in [0.717, 1.165) is 18.1 Å². The molecular formula is C12H20N2O. The Labute approximate surface area is 91.4 Å². The van der Waals surface area contributed by atoms with E-state index >= 15 is 0 Å². The number of hydrogen-bond donors (Lipinski definition) is 1. The standard InChI is InChI=1S/C12H20N2O/c1-9-4-5-12(15-9)10(2)13-11-6-7-14(3)8-11/h4-5,10-11,13H,6-8H2,1-3H3/t10-,11+/m0/s1.